The maximum atomic E-state index is 11.6. The Bertz CT molecular complexity index is 302. The molecule has 0 saturated heterocycles. The van der Waals surface area contributed by atoms with E-state index in [0.29, 0.717) is 23.1 Å². The summed E-state index contributed by atoms with van der Waals surface area (Å²) in [6.07, 6.45) is 1.40. The second kappa shape index (κ2) is 7.06. The second-order valence-corrected chi connectivity index (χ2v) is 4.54. The fourth-order valence-electron chi connectivity index (χ4n) is 1.63. The van der Waals surface area contributed by atoms with E-state index in [4.69, 9.17) is 0 Å². The van der Waals surface area contributed by atoms with Crippen molar-refractivity contribution in [3.63, 3.8) is 0 Å². The minimum atomic E-state index is -1.06. The van der Waals surface area contributed by atoms with Gasteiger partial charge < -0.3 is 9.90 Å². The minimum absolute atomic E-state index is 0.0144. The fourth-order valence-corrected chi connectivity index (χ4v) is 1.63. The Morgan fingerprint density at radius 2 is 1.94 bits per heavy atom. The number of hydrogen-bond acceptors (Lipinski definition) is 3. The van der Waals surface area contributed by atoms with Crippen molar-refractivity contribution in [1.29, 1.82) is 0 Å². The third kappa shape index (κ3) is 6.73. The molecular weight excluding hydrogens is 220 g/mol. The lowest BCUT2D eigenvalue weighted by Crippen LogP contribution is -2.58. The number of carboxylic acid groups (broad SMARTS) is 1. The van der Waals surface area contributed by atoms with Crippen LogP contribution in [0.3, 0.4) is 0 Å². The molecule has 0 aromatic heterocycles. The molecule has 0 heterocycles. The van der Waals surface area contributed by atoms with Crippen molar-refractivity contribution in [2.75, 3.05) is 20.1 Å². The number of rotatable bonds is 8. The van der Waals surface area contributed by atoms with Crippen LogP contribution in [0.15, 0.2) is 12.2 Å². The molecule has 0 aliphatic carbocycles. The van der Waals surface area contributed by atoms with Gasteiger partial charge in [0.2, 0.25) is 0 Å². The number of quaternary nitrogens is 1. The van der Waals surface area contributed by atoms with Crippen molar-refractivity contribution < 1.29 is 19.3 Å². The van der Waals surface area contributed by atoms with Gasteiger partial charge in [-0.25, -0.2) is 4.59 Å². The van der Waals surface area contributed by atoms with Crippen LogP contribution in [0.2, 0.25) is 0 Å². The molecule has 1 N–H and O–H groups in total. The molecule has 0 spiro atoms. The number of carboxylic acids is 1. The Balaban J connectivity index is 4.39. The SMILES string of the molecule is C=C(C)C(=O)N[N+](C)(CCC)CCCC(=O)[O-]. The fraction of sp³-hybridized carbons (Fsp3) is 0.667. The first kappa shape index (κ1) is 15.6. The molecule has 0 aromatic carbocycles. The van der Waals surface area contributed by atoms with Crippen molar-refractivity contribution in [2.45, 2.75) is 33.1 Å². The third-order valence-electron chi connectivity index (χ3n) is 2.51. The third-order valence-corrected chi connectivity index (χ3v) is 2.51. The highest BCUT2D eigenvalue weighted by molar-refractivity contribution is 5.91. The highest BCUT2D eigenvalue weighted by Crippen LogP contribution is 2.04. The zero-order chi connectivity index (χ0) is 13.5. The van der Waals surface area contributed by atoms with Crippen LogP contribution in [-0.2, 0) is 9.59 Å². The summed E-state index contributed by atoms with van der Waals surface area (Å²) in [6.45, 7) is 8.57. The lowest BCUT2D eigenvalue weighted by Gasteiger charge is -2.33. The average Bonchev–Trinajstić information content (AvgIpc) is 2.16. The summed E-state index contributed by atoms with van der Waals surface area (Å²) in [5, 5.41) is 10.4. The summed E-state index contributed by atoms with van der Waals surface area (Å²) in [4.78, 5) is 21.9. The summed E-state index contributed by atoms with van der Waals surface area (Å²) >= 11 is 0. The van der Waals surface area contributed by atoms with Crippen LogP contribution < -0.4 is 10.5 Å². The molecule has 1 unspecified atom stereocenters. The first-order chi connectivity index (χ1) is 7.80. The minimum Gasteiger partial charge on any atom is -0.550 e. The number of aliphatic carboxylic acids is 1. The van der Waals surface area contributed by atoms with Crippen LogP contribution in [0.5, 0.6) is 0 Å². The van der Waals surface area contributed by atoms with Crippen molar-refractivity contribution in [2.24, 2.45) is 0 Å². The van der Waals surface area contributed by atoms with Crippen molar-refractivity contribution >= 4 is 11.9 Å². The van der Waals surface area contributed by atoms with E-state index < -0.39 is 5.97 Å². The van der Waals surface area contributed by atoms with Gasteiger partial charge in [-0.1, -0.05) is 13.5 Å². The standard InChI is InChI=1S/C12H22N2O3/c1-5-8-14(4,9-6-7-11(15)16)13-12(17)10(2)3/h2,5-9H2,1,3-4H3,(H-,13,15,16,17). The van der Waals surface area contributed by atoms with E-state index in [1.165, 1.54) is 0 Å². The smallest absolute Gasteiger partial charge is 0.290 e. The lowest BCUT2D eigenvalue weighted by atomic mass is 10.2. The van der Waals surface area contributed by atoms with Crippen molar-refractivity contribution in [1.82, 2.24) is 5.43 Å². The number of nitrogens with one attached hydrogen (secondary N) is 1. The van der Waals surface area contributed by atoms with Gasteiger partial charge in [0.05, 0.1) is 7.05 Å². The van der Waals surface area contributed by atoms with Crippen LogP contribution in [0.1, 0.15) is 33.1 Å². The van der Waals surface area contributed by atoms with E-state index in [-0.39, 0.29) is 12.3 Å². The molecule has 0 radical (unpaired) electrons. The number of carbonyl (C=O) groups is 2. The highest BCUT2D eigenvalue weighted by atomic mass is 16.4. The molecular formula is C12H22N2O3. The highest BCUT2D eigenvalue weighted by Gasteiger charge is 2.23. The molecule has 0 aliphatic heterocycles. The molecule has 1 atom stereocenters. The Labute approximate surface area is 103 Å². The molecule has 0 saturated carbocycles. The molecule has 1 amide bonds. The van der Waals surface area contributed by atoms with Gasteiger partial charge in [-0.05, 0) is 19.8 Å². The number of amides is 1. The molecule has 0 aromatic rings. The summed E-state index contributed by atoms with van der Waals surface area (Å²) in [5.74, 6) is -1.26. The van der Waals surface area contributed by atoms with Crippen molar-refractivity contribution in [3.8, 4) is 0 Å². The Morgan fingerprint density at radius 3 is 2.35 bits per heavy atom. The van der Waals surface area contributed by atoms with Gasteiger partial charge in [0, 0.05) is 18.0 Å². The number of hydrogen-bond donors (Lipinski definition) is 1. The van der Waals surface area contributed by atoms with Crippen molar-refractivity contribution in [3.05, 3.63) is 12.2 Å². The van der Waals surface area contributed by atoms with Gasteiger partial charge in [0.1, 0.15) is 13.1 Å². The van der Waals surface area contributed by atoms with E-state index >= 15 is 0 Å². The number of carbonyl (C=O) groups excluding carboxylic acids is 2. The predicted molar refractivity (Wildman–Crippen MR) is 63.4 cm³/mol. The Hall–Kier alpha value is -1.36. The van der Waals surface area contributed by atoms with Crippen LogP contribution in [0, 0.1) is 0 Å². The van der Waals surface area contributed by atoms with Gasteiger partial charge in [-0.3, -0.25) is 4.79 Å². The van der Waals surface area contributed by atoms with E-state index in [9.17, 15) is 14.7 Å². The predicted octanol–water partition coefficient (Wildman–Crippen LogP) is -0.0196. The first-order valence-corrected chi connectivity index (χ1v) is 5.83. The zero-order valence-electron chi connectivity index (χ0n) is 10.9. The van der Waals surface area contributed by atoms with Crippen LogP contribution >= 0.6 is 0 Å². The molecule has 98 valence electrons. The van der Waals surface area contributed by atoms with Crippen LogP contribution in [-0.4, -0.2) is 36.6 Å². The molecule has 0 bridgehead atoms. The van der Waals surface area contributed by atoms with Gasteiger partial charge >= 0.3 is 0 Å². The molecule has 0 rings (SSSR count). The summed E-state index contributed by atoms with van der Waals surface area (Å²) in [5.41, 5.74) is 3.30. The average molecular weight is 242 g/mol. The van der Waals surface area contributed by atoms with E-state index in [1.807, 2.05) is 14.0 Å². The van der Waals surface area contributed by atoms with Gasteiger partial charge in [-0.2, -0.15) is 5.43 Å². The van der Waals surface area contributed by atoms with Crippen LogP contribution in [0.25, 0.3) is 0 Å². The topological polar surface area (TPSA) is 69.2 Å². The van der Waals surface area contributed by atoms with Crippen LogP contribution in [0.4, 0.5) is 0 Å². The zero-order valence-corrected chi connectivity index (χ0v) is 10.9. The van der Waals surface area contributed by atoms with E-state index in [0.717, 1.165) is 13.0 Å². The molecule has 0 fully saturated rings. The van der Waals surface area contributed by atoms with E-state index in [1.54, 1.807) is 6.92 Å². The summed E-state index contributed by atoms with van der Waals surface area (Å²) in [7, 11) is 1.87. The maximum absolute atomic E-state index is 11.6. The Morgan fingerprint density at radius 1 is 1.35 bits per heavy atom. The monoisotopic (exact) mass is 242 g/mol. The van der Waals surface area contributed by atoms with Gasteiger partial charge in [0.15, 0.2) is 0 Å². The summed E-state index contributed by atoms with van der Waals surface area (Å²) in [6, 6.07) is 0. The van der Waals surface area contributed by atoms with Gasteiger partial charge in [-0.15, -0.1) is 0 Å². The number of nitrogens with zero attached hydrogens (tertiary/aromatic N) is 1. The largest absolute Gasteiger partial charge is 0.550 e. The first-order valence-electron chi connectivity index (χ1n) is 5.83. The molecule has 5 nitrogen and oxygen atoms in total. The Kier molecular flexibility index (Phi) is 6.50. The molecule has 17 heavy (non-hydrogen) atoms. The summed E-state index contributed by atoms with van der Waals surface area (Å²) < 4.78 is 0.329. The quantitative estimate of drug-likeness (QED) is 0.369. The van der Waals surface area contributed by atoms with Gasteiger partial charge in [0.25, 0.3) is 5.91 Å². The molecule has 5 heteroatoms. The second-order valence-electron chi connectivity index (χ2n) is 4.54. The normalized spacial score (nSPS) is 13.8. The maximum Gasteiger partial charge on any atom is 0.290 e. The lowest BCUT2D eigenvalue weighted by molar-refractivity contribution is -0.943. The molecule has 0 aliphatic rings. The van der Waals surface area contributed by atoms with E-state index in [2.05, 4.69) is 12.0 Å².